The maximum absolute atomic E-state index is 12.2. The molecular formula is C17H26N6O2S. The lowest BCUT2D eigenvalue weighted by atomic mass is 10.2. The third-order valence-corrected chi connectivity index (χ3v) is 7.33. The molecule has 0 bridgehead atoms. The molecule has 1 fully saturated rings. The second-order valence-electron chi connectivity index (χ2n) is 7.12. The first-order valence-electron chi connectivity index (χ1n) is 8.80. The van der Waals surface area contributed by atoms with E-state index in [0.717, 1.165) is 36.8 Å². The maximum Gasteiger partial charge on any atom is 0.193 e. The molecule has 0 amide bonds. The van der Waals surface area contributed by atoms with E-state index in [2.05, 4.69) is 20.5 Å². The Labute approximate surface area is 154 Å². The molecule has 0 atom stereocenters. The molecule has 2 aromatic rings. The van der Waals surface area contributed by atoms with Gasteiger partial charge in [0.15, 0.2) is 21.4 Å². The van der Waals surface area contributed by atoms with Crippen molar-refractivity contribution in [3.05, 3.63) is 30.2 Å². The highest BCUT2D eigenvalue weighted by Gasteiger charge is 2.40. The molecule has 1 aliphatic rings. The SMILES string of the molecule is CN=C(NCCCc1nnc2ccccn12)N1CCS(=O)(=O)C(C)(C)C1. The second-order valence-corrected chi connectivity index (χ2v) is 9.87. The number of aliphatic imine (C=N–C) groups is 1. The van der Waals surface area contributed by atoms with Crippen LogP contribution in [0.15, 0.2) is 29.4 Å². The van der Waals surface area contributed by atoms with Crippen LogP contribution in [0.2, 0.25) is 0 Å². The number of hydrogen-bond donors (Lipinski definition) is 1. The number of aromatic nitrogens is 3. The average molecular weight is 379 g/mol. The molecule has 26 heavy (non-hydrogen) atoms. The van der Waals surface area contributed by atoms with Crippen molar-refractivity contribution in [1.29, 1.82) is 0 Å². The van der Waals surface area contributed by atoms with Gasteiger partial charge in [-0.3, -0.25) is 9.39 Å². The van der Waals surface area contributed by atoms with Gasteiger partial charge in [-0.25, -0.2) is 8.42 Å². The number of nitrogens with one attached hydrogen (secondary N) is 1. The van der Waals surface area contributed by atoms with Crippen LogP contribution in [0.1, 0.15) is 26.1 Å². The molecule has 1 aliphatic heterocycles. The van der Waals surface area contributed by atoms with E-state index < -0.39 is 14.6 Å². The monoisotopic (exact) mass is 378 g/mol. The van der Waals surface area contributed by atoms with E-state index in [0.29, 0.717) is 13.1 Å². The summed E-state index contributed by atoms with van der Waals surface area (Å²) in [5, 5.41) is 11.7. The van der Waals surface area contributed by atoms with Gasteiger partial charge in [-0.15, -0.1) is 10.2 Å². The smallest absolute Gasteiger partial charge is 0.193 e. The maximum atomic E-state index is 12.2. The molecule has 8 nitrogen and oxygen atoms in total. The highest BCUT2D eigenvalue weighted by Crippen LogP contribution is 2.23. The number of rotatable bonds is 4. The Kier molecular flexibility index (Phi) is 5.17. The molecule has 9 heteroatoms. The quantitative estimate of drug-likeness (QED) is 0.479. The summed E-state index contributed by atoms with van der Waals surface area (Å²) in [6.45, 7) is 5.21. The van der Waals surface area contributed by atoms with Crippen molar-refractivity contribution < 1.29 is 8.42 Å². The van der Waals surface area contributed by atoms with Crippen LogP contribution in [0.25, 0.3) is 5.65 Å². The lowest BCUT2D eigenvalue weighted by molar-refractivity contribution is 0.353. The number of hydrogen-bond acceptors (Lipinski definition) is 5. The summed E-state index contributed by atoms with van der Waals surface area (Å²) in [5.74, 6) is 1.84. The number of pyridine rings is 1. The molecule has 142 valence electrons. The Morgan fingerprint density at radius 2 is 2.15 bits per heavy atom. The number of nitrogens with zero attached hydrogens (tertiary/aromatic N) is 5. The van der Waals surface area contributed by atoms with Gasteiger partial charge in [0.25, 0.3) is 0 Å². The molecule has 1 saturated heterocycles. The van der Waals surface area contributed by atoms with Crippen LogP contribution in [0, 0.1) is 0 Å². The predicted octanol–water partition coefficient (Wildman–Crippen LogP) is 0.746. The zero-order chi connectivity index (χ0) is 18.8. The van der Waals surface area contributed by atoms with E-state index in [-0.39, 0.29) is 5.75 Å². The lowest BCUT2D eigenvalue weighted by Crippen LogP contribution is -2.57. The minimum atomic E-state index is -3.05. The van der Waals surface area contributed by atoms with Crippen molar-refractivity contribution in [2.24, 2.45) is 4.99 Å². The summed E-state index contributed by atoms with van der Waals surface area (Å²) in [5.41, 5.74) is 0.850. The lowest BCUT2D eigenvalue weighted by Gasteiger charge is -2.39. The molecule has 0 spiro atoms. The fourth-order valence-electron chi connectivity index (χ4n) is 3.16. The van der Waals surface area contributed by atoms with Gasteiger partial charge < -0.3 is 10.2 Å². The van der Waals surface area contributed by atoms with E-state index in [1.807, 2.05) is 33.7 Å². The van der Waals surface area contributed by atoms with E-state index in [9.17, 15) is 8.42 Å². The molecule has 3 rings (SSSR count). The fourth-order valence-corrected chi connectivity index (χ4v) is 4.53. The molecular weight excluding hydrogens is 352 g/mol. The zero-order valence-corrected chi connectivity index (χ0v) is 16.3. The predicted molar refractivity (Wildman–Crippen MR) is 102 cm³/mol. The molecule has 0 unspecified atom stereocenters. The Hall–Kier alpha value is -2.16. The van der Waals surface area contributed by atoms with Crippen LogP contribution in [-0.2, 0) is 16.3 Å². The minimum absolute atomic E-state index is 0.159. The third kappa shape index (κ3) is 3.67. The van der Waals surface area contributed by atoms with Crippen molar-refractivity contribution in [2.75, 3.05) is 32.4 Å². The zero-order valence-electron chi connectivity index (χ0n) is 15.5. The van der Waals surface area contributed by atoms with Crippen molar-refractivity contribution in [3.8, 4) is 0 Å². The van der Waals surface area contributed by atoms with Gasteiger partial charge in [0.1, 0.15) is 5.82 Å². The molecule has 0 saturated carbocycles. The molecule has 2 aromatic heterocycles. The largest absolute Gasteiger partial charge is 0.356 e. The van der Waals surface area contributed by atoms with Gasteiger partial charge in [0.05, 0.1) is 10.5 Å². The molecule has 0 radical (unpaired) electrons. The topological polar surface area (TPSA) is 92.0 Å². The van der Waals surface area contributed by atoms with Crippen LogP contribution < -0.4 is 5.32 Å². The summed E-state index contributed by atoms with van der Waals surface area (Å²) in [7, 11) is -1.33. The van der Waals surface area contributed by atoms with Gasteiger partial charge in [0.2, 0.25) is 0 Å². The summed E-state index contributed by atoms with van der Waals surface area (Å²) in [6.07, 6.45) is 3.65. The Morgan fingerprint density at radius 3 is 2.88 bits per heavy atom. The molecule has 1 N–H and O–H groups in total. The van der Waals surface area contributed by atoms with Gasteiger partial charge in [-0.05, 0) is 32.4 Å². The van der Waals surface area contributed by atoms with Crippen LogP contribution >= 0.6 is 0 Å². The van der Waals surface area contributed by atoms with Gasteiger partial charge >= 0.3 is 0 Å². The Morgan fingerprint density at radius 1 is 1.35 bits per heavy atom. The van der Waals surface area contributed by atoms with Crippen molar-refractivity contribution in [2.45, 2.75) is 31.4 Å². The van der Waals surface area contributed by atoms with Crippen LogP contribution in [0.3, 0.4) is 0 Å². The third-order valence-electron chi connectivity index (χ3n) is 4.80. The van der Waals surface area contributed by atoms with E-state index in [4.69, 9.17) is 0 Å². The highest BCUT2D eigenvalue weighted by molar-refractivity contribution is 7.92. The normalized spacial score (nSPS) is 19.7. The summed E-state index contributed by atoms with van der Waals surface area (Å²) < 4.78 is 25.5. The molecule has 0 aromatic carbocycles. The van der Waals surface area contributed by atoms with Crippen molar-refractivity contribution >= 4 is 21.4 Å². The van der Waals surface area contributed by atoms with Crippen LogP contribution in [0.4, 0.5) is 0 Å². The number of aryl methyl sites for hydroxylation is 1. The first-order valence-corrected chi connectivity index (χ1v) is 10.5. The number of sulfone groups is 1. The van der Waals surface area contributed by atoms with Crippen molar-refractivity contribution in [1.82, 2.24) is 24.8 Å². The van der Waals surface area contributed by atoms with Crippen LogP contribution in [0.5, 0.6) is 0 Å². The summed E-state index contributed by atoms with van der Waals surface area (Å²) in [4.78, 5) is 6.33. The van der Waals surface area contributed by atoms with Gasteiger partial charge in [0, 0.05) is 39.3 Å². The number of guanidine groups is 1. The first-order chi connectivity index (χ1) is 12.3. The highest BCUT2D eigenvalue weighted by atomic mass is 32.2. The first kappa shape index (κ1) is 18.6. The Bertz CT molecular complexity index is 903. The molecule has 3 heterocycles. The minimum Gasteiger partial charge on any atom is -0.356 e. The van der Waals surface area contributed by atoms with E-state index >= 15 is 0 Å². The Balaban J connectivity index is 1.54. The van der Waals surface area contributed by atoms with Crippen molar-refractivity contribution in [3.63, 3.8) is 0 Å². The van der Waals surface area contributed by atoms with E-state index in [1.165, 1.54) is 0 Å². The fraction of sp³-hybridized carbons (Fsp3) is 0.588. The summed E-state index contributed by atoms with van der Waals surface area (Å²) in [6, 6.07) is 5.84. The van der Waals surface area contributed by atoms with Crippen LogP contribution in [-0.4, -0.2) is 71.1 Å². The average Bonchev–Trinajstić information content (AvgIpc) is 3.01. The summed E-state index contributed by atoms with van der Waals surface area (Å²) >= 11 is 0. The standard InChI is InChI=1S/C17H26N6O2S/c1-17(2)13-22(11-12-26(17,24)25)16(18-3)19-9-6-8-15-21-20-14-7-4-5-10-23(14)15/h4-5,7,10H,6,8-9,11-13H2,1-3H3,(H,18,19). The number of fused-ring (bicyclic) bond motifs is 1. The van der Waals surface area contributed by atoms with Gasteiger partial charge in [-0.1, -0.05) is 6.07 Å². The molecule has 0 aliphatic carbocycles. The second kappa shape index (κ2) is 7.22. The van der Waals surface area contributed by atoms with Gasteiger partial charge in [-0.2, -0.15) is 0 Å². The van der Waals surface area contributed by atoms with E-state index in [1.54, 1.807) is 20.9 Å².